The van der Waals surface area contributed by atoms with E-state index >= 15 is 0 Å². The summed E-state index contributed by atoms with van der Waals surface area (Å²) in [5, 5.41) is 9.12. The molecule has 1 N–H and O–H groups in total. The second-order valence-electron chi connectivity index (χ2n) is 3.45. The van der Waals surface area contributed by atoms with E-state index in [0.717, 1.165) is 13.2 Å². The normalized spacial score (nSPS) is 27.5. The van der Waals surface area contributed by atoms with Crippen LogP contribution in [-0.4, -0.2) is 62.2 Å². The summed E-state index contributed by atoms with van der Waals surface area (Å²) in [5.74, 6) is 0. The Balaban J connectivity index is 2.43. The molecule has 0 saturated carbocycles. The van der Waals surface area contributed by atoms with E-state index in [0.29, 0.717) is 19.3 Å². The van der Waals surface area contributed by atoms with E-state index in [1.54, 1.807) is 7.11 Å². The predicted molar refractivity (Wildman–Crippen MR) is 49.7 cm³/mol. The lowest BCUT2D eigenvalue weighted by Gasteiger charge is -2.38. The van der Waals surface area contributed by atoms with Crippen LogP contribution in [0.2, 0.25) is 0 Å². The Labute approximate surface area is 79.4 Å². The minimum absolute atomic E-state index is 0.138. The van der Waals surface area contributed by atoms with E-state index in [4.69, 9.17) is 14.6 Å². The summed E-state index contributed by atoms with van der Waals surface area (Å²) >= 11 is 0. The molecule has 2 unspecified atom stereocenters. The highest BCUT2D eigenvalue weighted by atomic mass is 16.5. The van der Waals surface area contributed by atoms with Crippen molar-refractivity contribution >= 4 is 0 Å². The van der Waals surface area contributed by atoms with Gasteiger partial charge in [0.25, 0.3) is 0 Å². The quantitative estimate of drug-likeness (QED) is 0.660. The van der Waals surface area contributed by atoms with Gasteiger partial charge in [-0.15, -0.1) is 0 Å². The van der Waals surface area contributed by atoms with Gasteiger partial charge in [-0.3, -0.25) is 4.90 Å². The molecule has 1 aliphatic heterocycles. The standard InChI is InChI=1S/C9H19NO3/c1-8(6-12-2)10-3-4-13-7-9(10)5-11/h8-9,11H,3-7H2,1-2H3. The lowest BCUT2D eigenvalue weighted by molar-refractivity contribution is -0.0559. The molecular formula is C9H19NO3. The number of hydrogen-bond donors (Lipinski definition) is 1. The first kappa shape index (κ1) is 10.9. The highest BCUT2D eigenvalue weighted by molar-refractivity contribution is 4.78. The summed E-state index contributed by atoms with van der Waals surface area (Å²) in [4.78, 5) is 2.24. The smallest absolute Gasteiger partial charge is 0.0644 e. The van der Waals surface area contributed by atoms with Gasteiger partial charge < -0.3 is 14.6 Å². The molecule has 1 rings (SSSR count). The molecule has 1 heterocycles. The van der Waals surface area contributed by atoms with Crippen LogP contribution in [0, 0.1) is 0 Å². The number of hydrogen-bond acceptors (Lipinski definition) is 4. The second kappa shape index (κ2) is 5.54. The molecule has 0 radical (unpaired) electrons. The lowest BCUT2D eigenvalue weighted by atomic mass is 10.2. The third-order valence-corrected chi connectivity index (χ3v) is 2.46. The van der Waals surface area contributed by atoms with Crippen molar-refractivity contribution in [1.82, 2.24) is 4.90 Å². The average Bonchev–Trinajstić information content (AvgIpc) is 2.18. The van der Waals surface area contributed by atoms with Crippen LogP contribution in [0.1, 0.15) is 6.92 Å². The van der Waals surface area contributed by atoms with Crippen LogP contribution in [0.4, 0.5) is 0 Å². The molecule has 4 nitrogen and oxygen atoms in total. The van der Waals surface area contributed by atoms with Gasteiger partial charge in [-0.25, -0.2) is 0 Å². The summed E-state index contributed by atoms with van der Waals surface area (Å²) < 4.78 is 10.4. The highest BCUT2D eigenvalue weighted by Crippen LogP contribution is 2.10. The van der Waals surface area contributed by atoms with Crippen molar-refractivity contribution in [2.24, 2.45) is 0 Å². The Morgan fingerprint density at radius 3 is 3.08 bits per heavy atom. The monoisotopic (exact) mass is 189 g/mol. The number of morpholine rings is 1. The minimum atomic E-state index is 0.138. The number of nitrogens with zero attached hydrogens (tertiary/aromatic N) is 1. The molecule has 0 aromatic rings. The van der Waals surface area contributed by atoms with E-state index in [2.05, 4.69) is 11.8 Å². The molecule has 0 aromatic carbocycles. The SMILES string of the molecule is COCC(C)N1CCOCC1CO. The largest absolute Gasteiger partial charge is 0.395 e. The van der Waals surface area contributed by atoms with Crippen molar-refractivity contribution < 1.29 is 14.6 Å². The third kappa shape index (κ3) is 2.91. The highest BCUT2D eigenvalue weighted by Gasteiger charge is 2.26. The molecule has 2 atom stereocenters. The molecule has 0 aliphatic carbocycles. The topological polar surface area (TPSA) is 41.9 Å². The summed E-state index contributed by atoms with van der Waals surface area (Å²) in [7, 11) is 1.70. The fourth-order valence-electron chi connectivity index (χ4n) is 1.74. The fraction of sp³-hybridized carbons (Fsp3) is 1.00. The van der Waals surface area contributed by atoms with E-state index in [9.17, 15) is 0 Å². The molecule has 78 valence electrons. The van der Waals surface area contributed by atoms with E-state index in [-0.39, 0.29) is 12.6 Å². The van der Waals surface area contributed by atoms with Crippen molar-refractivity contribution in [2.75, 3.05) is 40.1 Å². The number of ether oxygens (including phenoxy) is 2. The molecular weight excluding hydrogens is 170 g/mol. The van der Waals surface area contributed by atoms with Crippen LogP contribution in [0.25, 0.3) is 0 Å². The second-order valence-corrected chi connectivity index (χ2v) is 3.45. The first-order valence-corrected chi connectivity index (χ1v) is 4.73. The molecule has 13 heavy (non-hydrogen) atoms. The van der Waals surface area contributed by atoms with E-state index in [1.165, 1.54) is 0 Å². The van der Waals surface area contributed by atoms with Crippen LogP contribution in [0.3, 0.4) is 0 Å². The molecule has 0 amide bonds. The third-order valence-electron chi connectivity index (χ3n) is 2.46. The van der Waals surface area contributed by atoms with Crippen LogP contribution < -0.4 is 0 Å². The lowest BCUT2D eigenvalue weighted by Crippen LogP contribution is -2.52. The van der Waals surface area contributed by atoms with Gasteiger partial charge in [-0.1, -0.05) is 0 Å². The van der Waals surface area contributed by atoms with Crippen molar-refractivity contribution in [3.05, 3.63) is 0 Å². The Bertz CT molecular complexity index is 143. The van der Waals surface area contributed by atoms with Gasteiger partial charge in [-0.2, -0.15) is 0 Å². The minimum Gasteiger partial charge on any atom is -0.395 e. The maximum absolute atomic E-state index is 9.12. The predicted octanol–water partition coefficient (Wildman–Crippen LogP) is -0.286. The first-order chi connectivity index (χ1) is 6.29. The zero-order valence-electron chi connectivity index (χ0n) is 8.40. The Morgan fingerprint density at radius 2 is 2.46 bits per heavy atom. The zero-order valence-corrected chi connectivity index (χ0v) is 8.40. The van der Waals surface area contributed by atoms with Crippen molar-refractivity contribution in [3.63, 3.8) is 0 Å². The Kier molecular flexibility index (Phi) is 4.66. The zero-order chi connectivity index (χ0) is 9.68. The molecule has 0 aromatic heterocycles. The number of aliphatic hydroxyl groups is 1. The Morgan fingerprint density at radius 1 is 1.69 bits per heavy atom. The van der Waals surface area contributed by atoms with Gasteiger partial charge in [0.15, 0.2) is 0 Å². The van der Waals surface area contributed by atoms with Crippen molar-refractivity contribution in [3.8, 4) is 0 Å². The van der Waals surface area contributed by atoms with Gasteiger partial charge in [0.2, 0.25) is 0 Å². The van der Waals surface area contributed by atoms with Gasteiger partial charge in [0, 0.05) is 19.7 Å². The summed E-state index contributed by atoms with van der Waals surface area (Å²) in [5.41, 5.74) is 0. The maximum Gasteiger partial charge on any atom is 0.0644 e. The summed E-state index contributed by atoms with van der Waals surface area (Å²) in [6.07, 6.45) is 0. The first-order valence-electron chi connectivity index (χ1n) is 4.73. The van der Waals surface area contributed by atoms with E-state index < -0.39 is 0 Å². The van der Waals surface area contributed by atoms with Crippen LogP contribution in [0.15, 0.2) is 0 Å². The fourth-order valence-corrected chi connectivity index (χ4v) is 1.74. The van der Waals surface area contributed by atoms with Gasteiger partial charge in [-0.05, 0) is 6.92 Å². The number of methoxy groups -OCH3 is 1. The Hall–Kier alpha value is -0.160. The summed E-state index contributed by atoms with van der Waals surface area (Å²) in [6.45, 7) is 5.24. The molecule has 1 saturated heterocycles. The number of aliphatic hydroxyl groups excluding tert-OH is 1. The van der Waals surface area contributed by atoms with Crippen molar-refractivity contribution in [1.29, 1.82) is 0 Å². The number of rotatable bonds is 4. The molecule has 1 aliphatic rings. The van der Waals surface area contributed by atoms with Gasteiger partial charge in [0.1, 0.15) is 0 Å². The van der Waals surface area contributed by atoms with Crippen LogP contribution in [0.5, 0.6) is 0 Å². The average molecular weight is 189 g/mol. The molecule has 0 spiro atoms. The molecule has 1 fully saturated rings. The maximum atomic E-state index is 9.12. The van der Waals surface area contributed by atoms with Crippen LogP contribution in [-0.2, 0) is 9.47 Å². The molecule has 4 heteroatoms. The van der Waals surface area contributed by atoms with Crippen molar-refractivity contribution in [2.45, 2.75) is 19.0 Å². The van der Waals surface area contributed by atoms with Gasteiger partial charge in [0.05, 0.1) is 32.5 Å². The van der Waals surface area contributed by atoms with E-state index in [1.807, 2.05) is 0 Å². The van der Waals surface area contributed by atoms with Crippen LogP contribution >= 0.6 is 0 Å². The van der Waals surface area contributed by atoms with Gasteiger partial charge >= 0.3 is 0 Å². The summed E-state index contributed by atoms with van der Waals surface area (Å²) in [6, 6.07) is 0.491. The molecule has 0 bridgehead atoms.